The largest absolute Gasteiger partial charge is 0.452 e. The molecule has 0 heterocycles. The minimum atomic E-state index is -4.50. The highest BCUT2D eigenvalue weighted by molar-refractivity contribution is 7.89. The van der Waals surface area contributed by atoms with Crippen LogP contribution in [-0.4, -0.2) is 32.9 Å². The molecule has 2 N–H and O–H groups in total. The summed E-state index contributed by atoms with van der Waals surface area (Å²) in [4.78, 5) is 23.8. The van der Waals surface area contributed by atoms with E-state index in [4.69, 9.17) is 4.74 Å². The zero-order valence-corrected chi connectivity index (χ0v) is 16.8. The van der Waals surface area contributed by atoms with Crippen molar-refractivity contribution in [2.45, 2.75) is 31.0 Å². The van der Waals surface area contributed by atoms with Crippen molar-refractivity contribution >= 4 is 27.6 Å². The molecular weight excluding hydrogens is 425 g/mol. The van der Waals surface area contributed by atoms with Gasteiger partial charge in [-0.1, -0.05) is 17.7 Å². The van der Waals surface area contributed by atoms with E-state index in [1.807, 2.05) is 0 Å². The summed E-state index contributed by atoms with van der Waals surface area (Å²) >= 11 is 0. The molecule has 162 valence electrons. The Hall–Kier alpha value is -2.92. The number of rotatable bonds is 7. The highest BCUT2D eigenvalue weighted by Crippen LogP contribution is 2.29. The van der Waals surface area contributed by atoms with Crippen LogP contribution >= 0.6 is 0 Å². The number of nitrogens with one attached hydrogen (secondary N) is 2. The molecule has 0 saturated carbocycles. The number of anilines is 1. The monoisotopic (exact) mass is 444 g/mol. The summed E-state index contributed by atoms with van der Waals surface area (Å²) in [6.45, 7) is 2.33. The Kier molecular flexibility index (Phi) is 7.21. The van der Waals surface area contributed by atoms with E-state index >= 15 is 0 Å². The second kappa shape index (κ2) is 9.26. The Labute approximate surface area is 171 Å². The molecule has 11 heteroatoms. The van der Waals surface area contributed by atoms with Gasteiger partial charge in [-0.15, -0.1) is 0 Å². The lowest BCUT2D eigenvalue weighted by atomic mass is 10.2. The number of hydrogen-bond donors (Lipinski definition) is 2. The maximum atomic E-state index is 12.5. The second-order valence-electron chi connectivity index (χ2n) is 6.33. The van der Waals surface area contributed by atoms with Gasteiger partial charge in [-0.2, -0.15) is 17.9 Å². The van der Waals surface area contributed by atoms with Gasteiger partial charge in [-0.3, -0.25) is 9.59 Å². The molecule has 0 aliphatic heterocycles. The Morgan fingerprint density at radius 3 is 2.13 bits per heavy atom. The third-order valence-electron chi connectivity index (χ3n) is 3.90. The summed E-state index contributed by atoms with van der Waals surface area (Å²) in [6, 6.07) is 9.67. The number of halogens is 3. The Balaban J connectivity index is 1.87. The number of hydrogen-bond acceptors (Lipinski definition) is 5. The van der Waals surface area contributed by atoms with Crippen LogP contribution in [0.3, 0.4) is 0 Å². The van der Waals surface area contributed by atoms with Gasteiger partial charge in [-0.05, 0) is 50.2 Å². The maximum Gasteiger partial charge on any atom is 0.416 e. The lowest BCUT2D eigenvalue weighted by Gasteiger charge is -2.14. The fourth-order valence-electron chi connectivity index (χ4n) is 2.23. The maximum absolute atomic E-state index is 12.5. The van der Waals surface area contributed by atoms with E-state index in [2.05, 4.69) is 10.0 Å². The average molecular weight is 444 g/mol. The van der Waals surface area contributed by atoms with Crippen molar-refractivity contribution in [3.05, 3.63) is 59.7 Å². The summed E-state index contributed by atoms with van der Waals surface area (Å²) in [6.07, 6.45) is -5.80. The molecule has 0 aliphatic rings. The molecule has 2 aromatic carbocycles. The van der Waals surface area contributed by atoms with Crippen molar-refractivity contribution in [3.8, 4) is 0 Å². The molecule has 0 aromatic heterocycles. The van der Waals surface area contributed by atoms with Gasteiger partial charge in [0.05, 0.1) is 10.5 Å². The van der Waals surface area contributed by atoms with Crippen molar-refractivity contribution in [2.75, 3.05) is 11.9 Å². The van der Waals surface area contributed by atoms with Crippen LogP contribution in [0.5, 0.6) is 0 Å². The van der Waals surface area contributed by atoms with Crippen LogP contribution in [0.2, 0.25) is 0 Å². The third kappa shape index (κ3) is 6.56. The summed E-state index contributed by atoms with van der Waals surface area (Å²) < 4.78 is 68.8. The van der Waals surface area contributed by atoms with Gasteiger partial charge in [0.2, 0.25) is 10.0 Å². The van der Waals surface area contributed by atoms with E-state index in [-0.39, 0.29) is 10.6 Å². The van der Waals surface area contributed by atoms with Crippen LogP contribution in [-0.2, 0) is 30.5 Å². The normalized spacial score (nSPS) is 12.8. The minimum Gasteiger partial charge on any atom is -0.452 e. The smallest absolute Gasteiger partial charge is 0.416 e. The molecule has 0 aliphatic carbocycles. The van der Waals surface area contributed by atoms with E-state index in [0.29, 0.717) is 0 Å². The highest BCUT2D eigenvalue weighted by Gasteiger charge is 2.30. The van der Waals surface area contributed by atoms with Crippen molar-refractivity contribution in [3.63, 3.8) is 0 Å². The number of sulfonamides is 1. The number of alkyl halides is 3. The average Bonchev–Trinajstić information content (AvgIpc) is 2.66. The van der Waals surface area contributed by atoms with Crippen molar-refractivity contribution in [1.29, 1.82) is 0 Å². The van der Waals surface area contributed by atoms with Gasteiger partial charge < -0.3 is 10.1 Å². The number of esters is 1. The number of aryl methyl sites for hydroxylation is 1. The molecule has 0 saturated heterocycles. The molecule has 1 amide bonds. The fourth-order valence-corrected chi connectivity index (χ4v) is 3.20. The van der Waals surface area contributed by atoms with Crippen molar-refractivity contribution in [2.24, 2.45) is 0 Å². The first-order valence-corrected chi connectivity index (χ1v) is 10.1. The first-order valence-electron chi connectivity index (χ1n) is 8.62. The molecule has 2 rings (SSSR count). The zero-order chi connectivity index (χ0) is 22.5. The van der Waals surface area contributed by atoms with E-state index in [1.54, 1.807) is 19.1 Å². The predicted molar refractivity (Wildman–Crippen MR) is 102 cm³/mol. The second-order valence-corrected chi connectivity index (χ2v) is 8.10. The Bertz CT molecular complexity index is 1000. The number of carbonyl (C=O) groups excluding carboxylic acids is 2. The number of carbonyl (C=O) groups is 2. The van der Waals surface area contributed by atoms with Crippen LogP contribution in [0.25, 0.3) is 0 Å². The standard InChI is InChI=1S/C19H19F3N2O5S/c1-12-3-9-16(10-4-12)30(27,28)23-11-17(25)29-13(2)18(26)24-15-7-5-14(6-8-15)19(20,21)22/h3-10,13,23H,11H2,1-2H3,(H,24,26). The van der Waals surface area contributed by atoms with Crippen molar-refractivity contribution in [1.82, 2.24) is 4.72 Å². The van der Waals surface area contributed by atoms with Crippen LogP contribution in [0.1, 0.15) is 18.1 Å². The molecule has 0 bridgehead atoms. The number of ether oxygens (including phenoxy) is 1. The molecule has 0 fully saturated rings. The summed E-state index contributed by atoms with van der Waals surface area (Å²) in [5.74, 6) is -1.79. The molecule has 2 aromatic rings. The summed E-state index contributed by atoms with van der Waals surface area (Å²) in [5, 5.41) is 2.31. The Morgan fingerprint density at radius 1 is 1.03 bits per heavy atom. The molecule has 0 spiro atoms. The molecule has 1 atom stereocenters. The summed E-state index contributed by atoms with van der Waals surface area (Å²) in [5.41, 5.74) is 0.0676. The van der Waals surface area contributed by atoms with Gasteiger partial charge in [0.15, 0.2) is 6.10 Å². The third-order valence-corrected chi connectivity index (χ3v) is 5.31. The number of amides is 1. The lowest BCUT2D eigenvalue weighted by molar-refractivity contribution is -0.151. The number of benzene rings is 2. The van der Waals surface area contributed by atoms with Gasteiger partial charge in [0.1, 0.15) is 6.54 Å². The molecular formula is C19H19F3N2O5S. The predicted octanol–water partition coefficient (Wildman–Crippen LogP) is 2.86. The van der Waals surface area contributed by atoms with Gasteiger partial charge >= 0.3 is 12.1 Å². The van der Waals surface area contributed by atoms with E-state index in [9.17, 15) is 31.2 Å². The molecule has 7 nitrogen and oxygen atoms in total. The first-order chi connectivity index (χ1) is 13.9. The lowest BCUT2D eigenvalue weighted by Crippen LogP contribution is -2.35. The minimum absolute atomic E-state index is 0.0333. The van der Waals surface area contributed by atoms with Crippen LogP contribution < -0.4 is 10.0 Å². The Morgan fingerprint density at radius 2 is 1.60 bits per heavy atom. The first kappa shape index (κ1) is 23.4. The van der Waals surface area contributed by atoms with Gasteiger partial charge in [-0.25, -0.2) is 8.42 Å². The zero-order valence-electron chi connectivity index (χ0n) is 16.0. The SMILES string of the molecule is Cc1ccc(S(=O)(=O)NCC(=O)OC(C)C(=O)Nc2ccc(C(F)(F)F)cc2)cc1. The van der Waals surface area contributed by atoms with Crippen LogP contribution in [0.15, 0.2) is 53.4 Å². The van der Waals surface area contributed by atoms with E-state index < -0.39 is 46.3 Å². The van der Waals surface area contributed by atoms with Crippen molar-refractivity contribution < 1.29 is 35.9 Å². The van der Waals surface area contributed by atoms with Crippen LogP contribution in [0, 0.1) is 6.92 Å². The van der Waals surface area contributed by atoms with Crippen LogP contribution in [0.4, 0.5) is 18.9 Å². The fraction of sp³-hybridized carbons (Fsp3) is 0.263. The van der Waals surface area contributed by atoms with E-state index in [1.165, 1.54) is 19.1 Å². The molecule has 30 heavy (non-hydrogen) atoms. The quantitative estimate of drug-likeness (QED) is 0.640. The van der Waals surface area contributed by atoms with Gasteiger partial charge in [0.25, 0.3) is 5.91 Å². The molecule has 0 radical (unpaired) electrons. The highest BCUT2D eigenvalue weighted by atomic mass is 32.2. The van der Waals surface area contributed by atoms with Gasteiger partial charge in [0, 0.05) is 5.69 Å². The molecule has 1 unspecified atom stereocenters. The topological polar surface area (TPSA) is 102 Å². The van der Waals surface area contributed by atoms with E-state index in [0.717, 1.165) is 29.8 Å². The summed E-state index contributed by atoms with van der Waals surface area (Å²) in [7, 11) is -3.94.